The Labute approximate surface area is 214 Å². The molecule has 0 N–H and O–H groups in total. The van der Waals surface area contributed by atoms with Crippen molar-refractivity contribution < 1.29 is 47.6 Å². The summed E-state index contributed by atoms with van der Waals surface area (Å²) in [4.78, 5) is 47.6. The van der Waals surface area contributed by atoms with E-state index in [-0.39, 0.29) is 37.9 Å². The fourth-order valence-corrected chi connectivity index (χ4v) is 2.79. The first-order chi connectivity index (χ1) is 16.8. The summed E-state index contributed by atoms with van der Waals surface area (Å²) in [5, 5.41) is 0. The van der Waals surface area contributed by atoms with Crippen LogP contribution in [0.1, 0.15) is 80.1 Å². The van der Waals surface area contributed by atoms with Gasteiger partial charge in [0.1, 0.15) is 0 Å². The summed E-state index contributed by atoms with van der Waals surface area (Å²) in [5.74, 6) is -3.12. The smallest absolute Gasteiger partial charge is 0.372 e. The number of esters is 4. The molecule has 0 unspecified atom stereocenters. The second kappa shape index (κ2) is 16.6. The first-order valence-corrected chi connectivity index (χ1v) is 12.2. The fourth-order valence-electron chi connectivity index (χ4n) is 2.79. The monoisotopic (exact) mass is 514 g/mol. The van der Waals surface area contributed by atoms with Gasteiger partial charge in [0.05, 0.1) is 26.4 Å². The highest BCUT2D eigenvalue weighted by Crippen LogP contribution is 2.18. The second-order valence-corrected chi connectivity index (χ2v) is 8.91. The van der Waals surface area contributed by atoms with E-state index in [1.807, 2.05) is 0 Å². The van der Waals surface area contributed by atoms with Crippen molar-refractivity contribution in [3.05, 3.63) is 24.7 Å². The van der Waals surface area contributed by atoms with Crippen LogP contribution >= 0.6 is 0 Å². The Kier molecular flexibility index (Phi) is 15.2. The van der Waals surface area contributed by atoms with Gasteiger partial charge in [-0.25, -0.2) is 19.2 Å². The van der Waals surface area contributed by atoms with Crippen LogP contribution < -0.4 is 0 Å². The molecule has 0 radical (unpaired) electrons. The van der Waals surface area contributed by atoms with Gasteiger partial charge in [-0.05, 0) is 67.5 Å². The zero-order valence-electron chi connectivity index (χ0n) is 22.6. The summed E-state index contributed by atoms with van der Waals surface area (Å²) in [7, 11) is 0. The van der Waals surface area contributed by atoms with Crippen molar-refractivity contribution in [3.8, 4) is 0 Å². The van der Waals surface area contributed by atoms with E-state index >= 15 is 0 Å². The molecule has 0 spiro atoms. The molecule has 10 heteroatoms. The van der Waals surface area contributed by atoms with Crippen LogP contribution in [0.5, 0.6) is 0 Å². The maximum atomic E-state index is 12.0. The van der Waals surface area contributed by atoms with Crippen molar-refractivity contribution in [2.24, 2.45) is 0 Å². The molecule has 0 aliphatic carbocycles. The van der Waals surface area contributed by atoms with E-state index in [9.17, 15) is 19.2 Å². The normalized spacial score (nSPS) is 11.2. The Hall–Kier alpha value is -3.04. The lowest BCUT2D eigenvalue weighted by Crippen LogP contribution is -2.37. The van der Waals surface area contributed by atoms with E-state index in [1.54, 1.807) is 13.8 Å². The molecule has 10 nitrogen and oxygen atoms in total. The minimum atomic E-state index is -1.33. The molecule has 0 amide bonds. The molecule has 0 aliphatic rings. The minimum Gasteiger partial charge on any atom is -0.469 e. The van der Waals surface area contributed by atoms with Gasteiger partial charge >= 0.3 is 23.9 Å². The van der Waals surface area contributed by atoms with Gasteiger partial charge in [0.25, 0.3) is 0 Å². The van der Waals surface area contributed by atoms with Crippen LogP contribution in [0.2, 0.25) is 0 Å². The first-order valence-electron chi connectivity index (χ1n) is 12.2. The van der Waals surface area contributed by atoms with E-state index in [4.69, 9.17) is 28.4 Å². The van der Waals surface area contributed by atoms with E-state index in [2.05, 4.69) is 13.2 Å². The van der Waals surface area contributed by atoms with Crippen LogP contribution in [0.4, 0.5) is 0 Å². The Morgan fingerprint density at radius 2 is 0.861 bits per heavy atom. The molecule has 0 atom stereocenters. The van der Waals surface area contributed by atoms with E-state index < -0.39 is 35.1 Å². The maximum absolute atomic E-state index is 12.0. The topological polar surface area (TPSA) is 124 Å². The lowest BCUT2D eigenvalue weighted by Gasteiger charge is -2.24. The molecule has 0 aromatic carbocycles. The largest absolute Gasteiger partial charge is 0.469 e. The number of unbranched alkanes of at least 4 members (excludes halogenated alkanes) is 5. The number of ether oxygens (including phenoxy) is 6. The van der Waals surface area contributed by atoms with Gasteiger partial charge in [0.2, 0.25) is 11.2 Å². The van der Waals surface area contributed by atoms with Crippen molar-refractivity contribution in [3.63, 3.8) is 0 Å². The third kappa shape index (κ3) is 13.2. The van der Waals surface area contributed by atoms with Gasteiger partial charge < -0.3 is 28.4 Å². The third-order valence-electron chi connectivity index (χ3n) is 4.75. The quantitative estimate of drug-likeness (QED) is 0.0816. The summed E-state index contributed by atoms with van der Waals surface area (Å²) < 4.78 is 30.7. The summed E-state index contributed by atoms with van der Waals surface area (Å²) in [6, 6.07) is 0. The van der Waals surface area contributed by atoms with Gasteiger partial charge in [-0.1, -0.05) is 25.7 Å². The number of carbonyl (C=O) groups excluding carboxylic acids is 4. The van der Waals surface area contributed by atoms with Crippen molar-refractivity contribution >= 4 is 23.9 Å². The Morgan fingerprint density at radius 1 is 0.556 bits per heavy atom. The number of hydrogen-bond donors (Lipinski definition) is 0. The zero-order valence-corrected chi connectivity index (χ0v) is 22.6. The van der Waals surface area contributed by atoms with Crippen molar-refractivity contribution in [1.29, 1.82) is 0 Å². The van der Waals surface area contributed by atoms with Gasteiger partial charge in [-0.3, -0.25) is 0 Å². The predicted octanol–water partition coefficient (Wildman–Crippen LogP) is 4.16. The van der Waals surface area contributed by atoms with Crippen LogP contribution in [0, 0.1) is 0 Å². The highest BCUT2D eigenvalue weighted by molar-refractivity contribution is 5.87. The number of carbonyl (C=O) groups is 4. The van der Waals surface area contributed by atoms with Crippen LogP contribution in [0.3, 0.4) is 0 Å². The highest BCUT2D eigenvalue weighted by atomic mass is 16.6. The second-order valence-electron chi connectivity index (χ2n) is 8.91. The molecule has 206 valence electrons. The standard InChI is InChI=1S/C26H42O10/c1-9-31-23(29)25(5,6)35-19(3)21(27)33-17-15-13-11-12-14-16-18-34-22(28)20(4)36-26(7,8)24(30)32-10-2/h3-4,9-18H2,1-2,5-8H3. The Balaban J connectivity index is 3.93. The van der Waals surface area contributed by atoms with Crippen LogP contribution in [-0.4, -0.2) is 61.5 Å². The highest BCUT2D eigenvalue weighted by Gasteiger charge is 2.34. The average Bonchev–Trinajstić information content (AvgIpc) is 2.79. The average molecular weight is 515 g/mol. The van der Waals surface area contributed by atoms with Crippen LogP contribution in [0.15, 0.2) is 24.7 Å². The molecule has 0 saturated carbocycles. The van der Waals surface area contributed by atoms with Gasteiger partial charge in [-0.15, -0.1) is 0 Å². The fraction of sp³-hybridized carbons (Fsp3) is 0.692. The van der Waals surface area contributed by atoms with Gasteiger partial charge in [0, 0.05) is 0 Å². The molecule has 0 aromatic heterocycles. The molecular weight excluding hydrogens is 472 g/mol. The van der Waals surface area contributed by atoms with E-state index in [0.29, 0.717) is 12.8 Å². The zero-order chi connectivity index (χ0) is 27.8. The van der Waals surface area contributed by atoms with Gasteiger partial charge in [-0.2, -0.15) is 0 Å². The molecule has 36 heavy (non-hydrogen) atoms. The van der Waals surface area contributed by atoms with Crippen LogP contribution in [0.25, 0.3) is 0 Å². The summed E-state index contributed by atoms with van der Waals surface area (Å²) in [5.41, 5.74) is -2.67. The van der Waals surface area contributed by atoms with E-state index in [1.165, 1.54) is 27.7 Å². The van der Waals surface area contributed by atoms with Crippen molar-refractivity contribution in [2.75, 3.05) is 26.4 Å². The lowest BCUT2D eigenvalue weighted by molar-refractivity contribution is -0.167. The van der Waals surface area contributed by atoms with E-state index in [0.717, 1.165) is 25.7 Å². The summed E-state index contributed by atoms with van der Waals surface area (Å²) in [6.07, 6.45) is 4.88. The molecular formula is C26H42O10. The minimum absolute atomic E-state index is 0.204. The molecule has 0 bridgehead atoms. The maximum Gasteiger partial charge on any atom is 0.372 e. The number of rotatable bonds is 19. The van der Waals surface area contributed by atoms with Crippen LogP contribution in [-0.2, 0) is 47.6 Å². The molecule has 0 aromatic rings. The number of hydrogen-bond acceptors (Lipinski definition) is 10. The molecule has 0 rings (SSSR count). The molecule has 0 fully saturated rings. The first kappa shape index (κ1) is 33.0. The third-order valence-corrected chi connectivity index (χ3v) is 4.75. The SMILES string of the molecule is C=C(OC(C)(C)C(=O)OCC)C(=O)OCCCCCCCCOC(=O)C(=C)OC(C)(C)C(=O)OCC. The molecule has 0 saturated heterocycles. The summed E-state index contributed by atoms with van der Waals surface area (Å²) in [6.45, 7) is 17.2. The lowest BCUT2D eigenvalue weighted by atomic mass is 10.1. The van der Waals surface area contributed by atoms with Crippen molar-refractivity contribution in [2.45, 2.75) is 91.3 Å². The summed E-state index contributed by atoms with van der Waals surface area (Å²) >= 11 is 0. The van der Waals surface area contributed by atoms with Gasteiger partial charge in [0.15, 0.2) is 11.5 Å². The Bertz CT molecular complexity index is 703. The Morgan fingerprint density at radius 3 is 1.17 bits per heavy atom. The predicted molar refractivity (Wildman–Crippen MR) is 131 cm³/mol. The van der Waals surface area contributed by atoms with Crippen molar-refractivity contribution in [1.82, 2.24) is 0 Å². The molecule has 0 heterocycles. The molecule has 0 aliphatic heterocycles.